The van der Waals surface area contributed by atoms with Crippen molar-refractivity contribution < 1.29 is 13.5 Å². The fourth-order valence-electron chi connectivity index (χ4n) is 1.57. The van der Waals surface area contributed by atoms with Crippen molar-refractivity contribution in [1.82, 2.24) is 14.3 Å². The van der Waals surface area contributed by atoms with Gasteiger partial charge in [-0.25, -0.2) is 18.1 Å². The van der Waals surface area contributed by atoms with Crippen molar-refractivity contribution >= 4 is 10.0 Å². The van der Waals surface area contributed by atoms with E-state index in [-0.39, 0.29) is 17.5 Å². The van der Waals surface area contributed by atoms with Crippen LogP contribution in [0.5, 0.6) is 0 Å². The summed E-state index contributed by atoms with van der Waals surface area (Å²) in [5, 5.41) is 9.61. The van der Waals surface area contributed by atoms with Gasteiger partial charge in [0.2, 0.25) is 0 Å². The molecule has 0 amide bonds. The van der Waals surface area contributed by atoms with Crippen molar-refractivity contribution in [2.75, 3.05) is 6.54 Å². The Kier molecular flexibility index (Phi) is 3.24. The predicted octanol–water partition coefficient (Wildman–Crippen LogP) is -0.222. The van der Waals surface area contributed by atoms with Gasteiger partial charge in [-0.05, 0) is 25.7 Å². The standard InChI is InChI=1S/C10H17N3O3S/c1-7-12-10(6-13(7)2)17(15,16)11-5-9(14)8-3-4-8/h6,8-9,11,14H,3-5H2,1-2H3. The average molecular weight is 259 g/mol. The molecule has 1 unspecified atom stereocenters. The lowest BCUT2D eigenvalue weighted by Gasteiger charge is -2.09. The molecule has 6 nitrogen and oxygen atoms in total. The lowest BCUT2D eigenvalue weighted by Crippen LogP contribution is -2.33. The molecule has 7 heteroatoms. The average Bonchev–Trinajstić information content (AvgIpc) is 3.04. The molecular weight excluding hydrogens is 242 g/mol. The predicted molar refractivity (Wildman–Crippen MR) is 61.9 cm³/mol. The van der Waals surface area contributed by atoms with Gasteiger partial charge in [-0.3, -0.25) is 0 Å². The molecule has 2 rings (SSSR count). The third-order valence-corrected chi connectivity index (χ3v) is 4.30. The van der Waals surface area contributed by atoms with Crippen LogP contribution in [0, 0.1) is 12.8 Å². The van der Waals surface area contributed by atoms with Gasteiger partial charge in [-0.2, -0.15) is 0 Å². The van der Waals surface area contributed by atoms with E-state index in [0.717, 1.165) is 12.8 Å². The van der Waals surface area contributed by atoms with Crippen molar-refractivity contribution in [3.05, 3.63) is 12.0 Å². The minimum Gasteiger partial charge on any atom is -0.391 e. The summed E-state index contributed by atoms with van der Waals surface area (Å²) in [6, 6.07) is 0. The highest BCUT2D eigenvalue weighted by Gasteiger charge is 2.31. The minimum absolute atomic E-state index is 0.000460. The third-order valence-electron chi connectivity index (χ3n) is 3.01. The maximum absolute atomic E-state index is 11.8. The number of sulfonamides is 1. The Bertz CT molecular complexity index is 485. The Morgan fingerprint density at radius 3 is 2.76 bits per heavy atom. The SMILES string of the molecule is Cc1nc(S(=O)(=O)NCC(O)C2CC2)cn1C. The first-order valence-corrected chi connectivity index (χ1v) is 7.06. The summed E-state index contributed by atoms with van der Waals surface area (Å²) in [7, 11) is -1.87. The van der Waals surface area contributed by atoms with Crippen LogP contribution in [-0.2, 0) is 17.1 Å². The molecule has 0 bridgehead atoms. The van der Waals surface area contributed by atoms with Gasteiger partial charge in [-0.1, -0.05) is 0 Å². The first-order chi connectivity index (χ1) is 7.90. The molecule has 0 radical (unpaired) electrons. The second-order valence-corrected chi connectivity index (χ2v) is 6.21. The fourth-order valence-corrected chi connectivity index (χ4v) is 2.66. The zero-order chi connectivity index (χ0) is 12.6. The Morgan fingerprint density at radius 2 is 2.29 bits per heavy atom. The zero-order valence-corrected chi connectivity index (χ0v) is 10.7. The van der Waals surface area contributed by atoms with E-state index in [1.807, 2.05) is 0 Å². The van der Waals surface area contributed by atoms with Crippen molar-refractivity contribution in [2.45, 2.75) is 30.9 Å². The number of aliphatic hydroxyl groups is 1. The van der Waals surface area contributed by atoms with Crippen molar-refractivity contribution in [2.24, 2.45) is 13.0 Å². The van der Waals surface area contributed by atoms with Gasteiger partial charge in [0, 0.05) is 19.8 Å². The van der Waals surface area contributed by atoms with E-state index < -0.39 is 16.1 Å². The van der Waals surface area contributed by atoms with Gasteiger partial charge in [0.15, 0.2) is 5.03 Å². The lowest BCUT2D eigenvalue weighted by atomic mass is 10.2. The molecule has 1 heterocycles. The molecular formula is C10H17N3O3S. The summed E-state index contributed by atoms with van der Waals surface area (Å²) in [5.74, 6) is 0.885. The van der Waals surface area contributed by atoms with E-state index in [9.17, 15) is 13.5 Å². The number of nitrogens with one attached hydrogen (secondary N) is 1. The number of aromatic nitrogens is 2. The zero-order valence-electron chi connectivity index (χ0n) is 9.92. The van der Waals surface area contributed by atoms with Crippen LogP contribution in [0.3, 0.4) is 0 Å². The quantitative estimate of drug-likeness (QED) is 0.765. The summed E-state index contributed by atoms with van der Waals surface area (Å²) in [6.45, 7) is 1.79. The van der Waals surface area contributed by atoms with Gasteiger partial charge < -0.3 is 9.67 Å². The van der Waals surface area contributed by atoms with Crippen LogP contribution in [-0.4, -0.2) is 35.7 Å². The normalized spacial score (nSPS) is 18.3. The second kappa shape index (κ2) is 4.40. The highest BCUT2D eigenvalue weighted by molar-refractivity contribution is 7.89. The van der Waals surface area contributed by atoms with Crippen molar-refractivity contribution in [3.63, 3.8) is 0 Å². The van der Waals surface area contributed by atoms with Gasteiger partial charge in [0.25, 0.3) is 10.0 Å². The first-order valence-electron chi connectivity index (χ1n) is 5.58. The lowest BCUT2D eigenvalue weighted by molar-refractivity contribution is 0.155. The van der Waals surface area contributed by atoms with Gasteiger partial charge >= 0.3 is 0 Å². The number of imidazole rings is 1. The summed E-state index contributed by atoms with van der Waals surface area (Å²) < 4.78 is 27.7. The highest BCUT2D eigenvalue weighted by Crippen LogP contribution is 2.32. The maximum atomic E-state index is 11.8. The molecule has 1 aromatic rings. The number of rotatable bonds is 5. The summed E-state index contributed by atoms with van der Waals surface area (Å²) in [4.78, 5) is 3.95. The second-order valence-electron chi connectivity index (χ2n) is 4.49. The number of nitrogens with zero attached hydrogens (tertiary/aromatic N) is 2. The molecule has 1 atom stereocenters. The topological polar surface area (TPSA) is 84.2 Å². The Hall–Kier alpha value is -0.920. The number of aryl methyl sites for hydroxylation is 2. The van der Waals surface area contributed by atoms with Crippen LogP contribution in [0.1, 0.15) is 18.7 Å². The molecule has 1 fully saturated rings. The number of hydrogen-bond acceptors (Lipinski definition) is 4. The van der Waals surface area contributed by atoms with E-state index in [1.54, 1.807) is 18.5 Å². The molecule has 0 aromatic carbocycles. The maximum Gasteiger partial charge on any atom is 0.259 e. The number of hydrogen-bond donors (Lipinski definition) is 2. The molecule has 17 heavy (non-hydrogen) atoms. The van der Waals surface area contributed by atoms with Crippen molar-refractivity contribution in [3.8, 4) is 0 Å². The molecule has 0 aliphatic heterocycles. The Morgan fingerprint density at radius 1 is 1.65 bits per heavy atom. The molecule has 0 spiro atoms. The van der Waals surface area contributed by atoms with Crippen LogP contribution in [0.4, 0.5) is 0 Å². The van der Waals surface area contributed by atoms with E-state index in [1.165, 1.54) is 6.20 Å². The van der Waals surface area contributed by atoms with E-state index in [2.05, 4.69) is 9.71 Å². The molecule has 1 aliphatic carbocycles. The van der Waals surface area contributed by atoms with Crippen LogP contribution in [0.15, 0.2) is 11.2 Å². The fraction of sp³-hybridized carbons (Fsp3) is 0.700. The molecule has 2 N–H and O–H groups in total. The Labute approximate surface area is 101 Å². The van der Waals surface area contributed by atoms with Gasteiger partial charge in [-0.15, -0.1) is 0 Å². The summed E-state index contributed by atoms with van der Waals surface area (Å²) >= 11 is 0. The van der Waals surface area contributed by atoms with Crippen LogP contribution >= 0.6 is 0 Å². The van der Waals surface area contributed by atoms with E-state index in [0.29, 0.717) is 5.82 Å². The first kappa shape index (κ1) is 12.5. The van der Waals surface area contributed by atoms with Gasteiger partial charge in [0.05, 0.1) is 6.10 Å². The molecule has 1 aliphatic rings. The van der Waals surface area contributed by atoms with E-state index >= 15 is 0 Å². The monoisotopic (exact) mass is 259 g/mol. The van der Waals surface area contributed by atoms with E-state index in [4.69, 9.17) is 0 Å². The molecule has 1 saturated carbocycles. The third kappa shape index (κ3) is 2.85. The summed E-state index contributed by atoms with van der Waals surface area (Å²) in [6.07, 6.45) is 2.83. The van der Waals surface area contributed by atoms with Crippen molar-refractivity contribution in [1.29, 1.82) is 0 Å². The Balaban J connectivity index is 2.02. The van der Waals surface area contributed by atoms with Crippen LogP contribution in [0.2, 0.25) is 0 Å². The smallest absolute Gasteiger partial charge is 0.259 e. The molecule has 0 saturated heterocycles. The van der Waals surface area contributed by atoms with Gasteiger partial charge in [0.1, 0.15) is 5.82 Å². The van der Waals surface area contributed by atoms with Crippen LogP contribution in [0.25, 0.3) is 0 Å². The molecule has 96 valence electrons. The molecule has 1 aromatic heterocycles. The largest absolute Gasteiger partial charge is 0.391 e. The number of aliphatic hydroxyl groups excluding tert-OH is 1. The minimum atomic E-state index is -3.60. The summed E-state index contributed by atoms with van der Waals surface area (Å²) in [5.41, 5.74) is 0. The van der Waals surface area contributed by atoms with Crippen LogP contribution < -0.4 is 4.72 Å². The highest BCUT2D eigenvalue weighted by atomic mass is 32.2.